The lowest BCUT2D eigenvalue weighted by molar-refractivity contribution is -0.134. The SMILES string of the molecule is COC(CN)C(=O)NC1CCN(C(=O)C2CC2)CC1. The molecule has 1 aliphatic heterocycles. The zero-order valence-corrected chi connectivity index (χ0v) is 11.4. The number of carbonyl (C=O) groups excluding carboxylic acids is 2. The minimum Gasteiger partial charge on any atom is -0.370 e. The molecule has 0 radical (unpaired) electrons. The molecule has 0 bridgehead atoms. The number of hydrogen-bond donors (Lipinski definition) is 2. The Morgan fingerprint density at radius 2 is 1.95 bits per heavy atom. The van der Waals surface area contributed by atoms with Gasteiger partial charge in [-0.05, 0) is 25.7 Å². The summed E-state index contributed by atoms with van der Waals surface area (Å²) in [6.45, 7) is 1.66. The molecule has 3 N–H and O–H groups in total. The van der Waals surface area contributed by atoms with Crippen LogP contribution in [0.25, 0.3) is 0 Å². The molecule has 2 amide bonds. The van der Waals surface area contributed by atoms with Crippen molar-refractivity contribution in [2.45, 2.75) is 37.8 Å². The second-order valence-corrected chi connectivity index (χ2v) is 5.34. The molecule has 1 aliphatic carbocycles. The Bertz CT molecular complexity index is 332. The van der Waals surface area contributed by atoms with E-state index in [1.165, 1.54) is 7.11 Å². The number of carbonyl (C=O) groups is 2. The van der Waals surface area contributed by atoms with Crippen LogP contribution in [0.3, 0.4) is 0 Å². The number of ether oxygens (including phenoxy) is 1. The molecule has 108 valence electrons. The van der Waals surface area contributed by atoms with Gasteiger partial charge in [-0.2, -0.15) is 0 Å². The third kappa shape index (κ3) is 3.67. The Morgan fingerprint density at radius 3 is 2.42 bits per heavy atom. The van der Waals surface area contributed by atoms with Gasteiger partial charge in [-0.1, -0.05) is 0 Å². The van der Waals surface area contributed by atoms with E-state index < -0.39 is 6.10 Å². The quantitative estimate of drug-likeness (QED) is 0.703. The summed E-state index contributed by atoms with van der Waals surface area (Å²) in [5.74, 6) is 0.416. The lowest BCUT2D eigenvalue weighted by Crippen LogP contribution is -2.50. The third-order valence-corrected chi connectivity index (χ3v) is 3.87. The van der Waals surface area contributed by atoms with Gasteiger partial charge in [0.15, 0.2) is 0 Å². The summed E-state index contributed by atoms with van der Waals surface area (Å²) in [7, 11) is 1.48. The minimum absolute atomic E-state index is 0.125. The van der Waals surface area contributed by atoms with Crippen LogP contribution in [0.15, 0.2) is 0 Å². The van der Waals surface area contributed by atoms with E-state index in [-0.39, 0.29) is 24.4 Å². The van der Waals surface area contributed by atoms with Crippen molar-refractivity contribution in [3.63, 3.8) is 0 Å². The van der Waals surface area contributed by atoms with E-state index in [1.807, 2.05) is 4.90 Å². The second-order valence-electron chi connectivity index (χ2n) is 5.34. The molecule has 2 aliphatic rings. The molecule has 1 heterocycles. The van der Waals surface area contributed by atoms with Crippen LogP contribution in [-0.4, -0.2) is 55.6 Å². The summed E-state index contributed by atoms with van der Waals surface area (Å²) in [6.07, 6.45) is 3.13. The van der Waals surface area contributed by atoms with Crippen molar-refractivity contribution in [2.24, 2.45) is 11.7 Å². The highest BCUT2D eigenvalue weighted by molar-refractivity contribution is 5.82. The summed E-state index contributed by atoms with van der Waals surface area (Å²) in [6, 6.07) is 0.125. The Balaban J connectivity index is 1.73. The zero-order valence-electron chi connectivity index (χ0n) is 11.4. The van der Waals surface area contributed by atoms with Gasteiger partial charge in [-0.15, -0.1) is 0 Å². The second kappa shape index (κ2) is 6.34. The van der Waals surface area contributed by atoms with Crippen LogP contribution in [0.5, 0.6) is 0 Å². The maximum absolute atomic E-state index is 11.9. The van der Waals surface area contributed by atoms with Crippen LogP contribution >= 0.6 is 0 Å². The Hall–Kier alpha value is -1.14. The van der Waals surface area contributed by atoms with Crippen molar-refractivity contribution in [3.8, 4) is 0 Å². The molecule has 2 rings (SSSR count). The highest BCUT2D eigenvalue weighted by Gasteiger charge is 2.35. The molecule has 1 atom stereocenters. The predicted molar refractivity (Wildman–Crippen MR) is 70.3 cm³/mol. The fourth-order valence-corrected chi connectivity index (χ4v) is 2.44. The predicted octanol–water partition coefficient (Wildman–Crippen LogP) is -0.523. The molecular weight excluding hydrogens is 246 g/mol. The van der Waals surface area contributed by atoms with E-state index in [0.717, 1.165) is 38.8 Å². The summed E-state index contributed by atoms with van der Waals surface area (Å²) in [4.78, 5) is 25.6. The van der Waals surface area contributed by atoms with Gasteiger partial charge < -0.3 is 20.7 Å². The number of nitrogens with one attached hydrogen (secondary N) is 1. The average molecular weight is 269 g/mol. The Kier molecular flexibility index (Phi) is 4.76. The van der Waals surface area contributed by atoms with Gasteiger partial charge in [0.05, 0.1) is 0 Å². The summed E-state index contributed by atoms with van der Waals surface area (Å²) in [5, 5.41) is 2.94. The molecule has 0 spiro atoms. The Morgan fingerprint density at radius 1 is 1.32 bits per heavy atom. The number of hydrogen-bond acceptors (Lipinski definition) is 4. The lowest BCUT2D eigenvalue weighted by atomic mass is 10.0. The number of nitrogens with two attached hydrogens (primary N) is 1. The first kappa shape index (κ1) is 14.3. The minimum atomic E-state index is -0.578. The van der Waals surface area contributed by atoms with E-state index in [1.54, 1.807) is 0 Å². The number of likely N-dealkylation sites (tertiary alicyclic amines) is 1. The first-order chi connectivity index (χ1) is 9.15. The van der Waals surface area contributed by atoms with Crippen molar-refractivity contribution >= 4 is 11.8 Å². The molecule has 0 aromatic rings. The van der Waals surface area contributed by atoms with Crippen LogP contribution < -0.4 is 11.1 Å². The molecule has 2 fully saturated rings. The first-order valence-electron chi connectivity index (χ1n) is 6.97. The maximum Gasteiger partial charge on any atom is 0.250 e. The normalized spacial score (nSPS) is 22.1. The van der Waals surface area contributed by atoms with Gasteiger partial charge in [0, 0.05) is 38.7 Å². The van der Waals surface area contributed by atoms with Gasteiger partial charge in [-0.3, -0.25) is 9.59 Å². The average Bonchev–Trinajstić information content (AvgIpc) is 3.24. The van der Waals surface area contributed by atoms with Crippen LogP contribution in [0, 0.1) is 5.92 Å². The molecule has 6 heteroatoms. The fraction of sp³-hybridized carbons (Fsp3) is 0.846. The van der Waals surface area contributed by atoms with Crippen LogP contribution in [0.1, 0.15) is 25.7 Å². The van der Waals surface area contributed by atoms with Gasteiger partial charge >= 0.3 is 0 Å². The van der Waals surface area contributed by atoms with E-state index in [2.05, 4.69) is 5.32 Å². The van der Waals surface area contributed by atoms with Crippen LogP contribution in [0.2, 0.25) is 0 Å². The van der Waals surface area contributed by atoms with E-state index in [0.29, 0.717) is 5.91 Å². The summed E-state index contributed by atoms with van der Waals surface area (Å²) < 4.78 is 5.00. The zero-order chi connectivity index (χ0) is 13.8. The Labute approximate surface area is 113 Å². The number of piperidine rings is 1. The molecule has 1 saturated heterocycles. The topological polar surface area (TPSA) is 84.7 Å². The standard InChI is InChI=1S/C13H23N3O3/c1-19-11(8-14)12(17)15-10-4-6-16(7-5-10)13(18)9-2-3-9/h9-11H,2-8,14H2,1H3,(H,15,17). The van der Waals surface area contributed by atoms with Crippen molar-refractivity contribution in [1.82, 2.24) is 10.2 Å². The highest BCUT2D eigenvalue weighted by atomic mass is 16.5. The molecule has 0 aromatic carbocycles. The number of methoxy groups -OCH3 is 1. The van der Waals surface area contributed by atoms with E-state index >= 15 is 0 Å². The third-order valence-electron chi connectivity index (χ3n) is 3.87. The highest BCUT2D eigenvalue weighted by Crippen LogP contribution is 2.31. The summed E-state index contributed by atoms with van der Waals surface area (Å²) >= 11 is 0. The molecule has 1 unspecified atom stereocenters. The van der Waals surface area contributed by atoms with Crippen molar-refractivity contribution in [2.75, 3.05) is 26.7 Å². The van der Waals surface area contributed by atoms with Crippen molar-refractivity contribution in [3.05, 3.63) is 0 Å². The maximum atomic E-state index is 11.9. The first-order valence-corrected chi connectivity index (χ1v) is 6.97. The number of rotatable bonds is 5. The smallest absolute Gasteiger partial charge is 0.250 e. The molecule has 0 aromatic heterocycles. The van der Waals surface area contributed by atoms with Crippen LogP contribution in [0.4, 0.5) is 0 Å². The van der Waals surface area contributed by atoms with E-state index in [9.17, 15) is 9.59 Å². The molecular formula is C13H23N3O3. The molecule has 1 saturated carbocycles. The molecule has 19 heavy (non-hydrogen) atoms. The summed E-state index contributed by atoms with van der Waals surface area (Å²) in [5.41, 5.74) is 5.45. The van der Waals surface area contributed by atoms with Gasteiger partial charge in [0.1, 0.15) is 6.10 Å². The van der Waals surface area contributed by atoms with Crippen LogP contribution in [-0.2, 0) is 14.3 Å². The largest absolute Gasteiger partial charge is 0.370 e. The fourth-order valence-electron chi connectivity index (χ4n) is 2.44. The van der Waals surface area contributed by atoms with Gasteiger partial charge in [-0.25, -0.2) is 0 Å². The van der Waals surface area contributed by atoms with Crippen molar-refractivity contribution < 1.29 is 14.3 Å². The van der Waals surface area contributed by atoms with Crippen molar-refractivity contribution in [1.29, 1.82) is 0 Å². The van der Waals surface area contributed by atoms with Gasteiger partial charge in [0.2, 0.25) is 5.91 Å². The number of amides is 2. The number of nitrogens with zero attached hydrogens (tertiary/aromatic N) is 1. The lowest BCUT2D eigenvalue weighted by Gasteiger charge is -2.33. The monoisotopic (exact) mass is 269 g/mol. The van der Waals surface area contributed by atoms with E-state index in [4.69, 9.17) is 10.5 Å². The van der Waals surface area contributed by atoms with Gasteiger partial charge in [0.25, 0.3) is 5.91 Å². The molecule has 6 nitrogen and oxygen atoms in total.